The SMILES string of the molecule is CC(C)Cn1nccc1NC(=O)CCc1ccco1. The van der Waals surface area contributed by atoms with E-state index in [1.54, 1.807) is 12.5 Å². The van der Waals surface area contributed by atoms with Crippen LogP contribution in [0.1, 0.15) is 26.0 Å². The summed E-state index contributed by atoms with van der Waals surface area (Å²) in [6.45, 7) is 5.02. The van der Waals surface area contributed by atoms with Gasteiger partial charge in [-0.1, -0.05) is 13.8 Å². The van der Waals surface area contributed by atoms with E-state index in [0.717, 1.165) is 18.1 Å². The van der Waals surface area contributed by atoms with Crippen LogP contribution in [0.2, 0.25) is 0 Å². The van der Waals surface area contributed by atoms with Crippen molar-refractivity contribution < 1.29 is 9.21 Å². The maximum absolute atomic E-state index is 11.8. The number of carbonyl (C=O) groups excluding carboxylic acids is 1. The van der Waals surface area contributed by atoms with Crippen LogP contribution in [0.15, 0.2) is 35.1 Å². The monoisotopic (exact) mass is 261 g/mol. The second kappa shape index (κ2) is 6.22. The van der Waals surface area contributed by atoms with Gasteiger partial charge in [-0.05, 0) is 18.1 Å². The Morgan fingerprint density at radius 2 is 2.32 bits per heavy atom. The normalized spacial score (nSPS) is 10.9. The van der Waals surface area contributed by atoms with E-state index in [-0.39, 0.29) is 5.91 Å². The fourth-order valence-electron chi connectivity index (χ4n) is 1.83. The lowest BCUT2D eigenvalue weighted by Crippen LogP contribution is -2.17. The van der Waals surface area contributed by atoms with E-state index in [0.29, 0.717) is 18.8 Å². The minimum atomic E-state index is -0.0260. The number of rotatable bonds is 6. The third-order valence-electron chi connectivity index (χ3n) is 2.70. The highest BCUT2D eigenvalue weighted by molar-refractivity contribution is 5.89. The van der Waals surface area contributed by atoms with E-state index in [1.807, 2.05) is 22.9 Å². The van der Waals surface area contributed by atoms with Gasteiger partial charge in [-0.3, -0.25) is 4.79 Å². The molecule has 1 amide bonds. The molecule has 0 aromatic carbocycles. The molecule has 2 rings (SSSR count). The first kappa shape index (κ1) is 13.4. The van der Waals surface area contributed by atoms with Crippen LogP contribution < -0.4 is 5.32 Å². The van der Waals surface area contributed by atoms with Gasteiger partial charge in [0.25, 0.3) is 0 Å². The predicted molar refractivity (Wildman–Crippen MR) is 72.7 cm³/mol. The second-order valence-electron chi connectivity index (χ2n) is 4.92. The molecule has 2 heterocycles. The third-order valence-corrected chi connectivity index (χ3v) is 2.70. The quantitative estimate of drug-likeness (QED) is 0.869. The Balaban J connectivity index is 1.86. The highest BCUT2D eigenvalue weighted by atomic mass is 16.3. The predicted octanol–water partition coefficient (Wildman–Crippen LogP) is 2.70. The lowest BCUT2D eigenvalue weighted by atomic mass is 10.2. The number of nitrogens with zero attached hydrogens (tertiary/aromatic N) is 2. The van der Waals surface area contributed by atoms with Crippen molar-refractivity contribution in [1.29, 1.82) is 0 Å². The van der Waals surface area contributed by atoms with E-state index < -0.39 is 0 Å². The fourth-order valence-corrected chi connectivity index (χ4v) is 1.83. The minimum Gasteiger partial charge on any atom is -0.469 e. The molecule has 2 aromatic rings. The summed E-state index contributed by atoms with van der Waals surface area (Å²) < 4.78 is 7.01. The summed E-state index contributed by atoms with van der Waals surface area (Å²) in [5, 5.41) is 7.08. The maximum atomic E-state index is 11.8. The zero-order valence-electron chi connectivity index (χ0n) is 11.3. The molecule has 0 bridgehead atoms. The first-order chi connectivity index (χ1) is 9.15. The van der Waals surface area contributed by atoms with Crippen LogP contribution in [0.25, 0.3) is 0 Å². The van der Waals surface area contributed by atoms with Crippen molar-refractivity contribution in [1.82, 2.24) is 9.78 Å². The lowest BCUT2D eigenvalue weighted by Gasteiger charge is -2.10. The highest BCUT2D eigenvalue weighted by Gasteiger charge is 2.09. The van der Waals surface area contributed by atoms with E-state index in [1.165, 1.54) is 0 Å². The van der Waals surface area contributed by atoms with E-state index in [4.69, 9.17) is 4.42 Å². The molecule has 0 fully saturated rings. The lowest BCUT2D eigenvalue weighted by molar-refractivity contribution is -0.116. The van der Waals surface area contributed by atoms with Gasteiger partial charge in [-0.25, -0.2) is 4.68 Å². The van der Waals surface area contributed by atoms with Crippen molar-refractivity contribution in [3.63, 3.8) is 0 Å². The Kier molecular flexibility index (Phi) is 4.39. The summed E-state index contributed by atoms with van der Waals surface area (Å²) in [5.41, 5.74) is 0. The molecular formula is C14H19N3O2. The van der Waals surface area contributed by atoms with Crippen LogP contribution in [0.3, 0.4) is 0 Å². The van der Waals surface area contributed by atoms with Crippen LogP contribution in [0.4, 0.5) is 5.82 Å². The zero-order chi connectivity index (χ0) is 13.7. The van der Waals surface area contributed by atoms with Gasteiger partial charge in [0.2, 0.25) is 5.91 Å². The Bertz CT molecular complexity index is 515. The van der Waals surface area contributed by atoms with Gasteiger partial charge in [-0.2, -0.15) is 5.10 Å². The topological polar surface area (TPSA) is 60.1 Å². The molecule has 2 aromatic heterocycles. The molecule has 0 aliphatic carbocycles. The Morgan fingerprint density at radius 3 is 3.00 bits per heavy atom. The largest absolute Gasteiger partial charge is 0.469 e. The van der Waals surface area contributed by atoms with Crippen LogP contribution in [-0.2, 0) is 17.8 Å². The van der Waals surface area contributed by atoms with Crippen molar-refractivity contribution in [2.75, 3.05) is 5.32 Å². The molecular weight excluding hydrogens is 242 g/mol. The van der Waals surface area contributed by atoms with Crippen molar-refractivity contribution in [2.45, 2.75) is 33.2 Å². The molecule has 0 unspecified atom stereocenters. The first-order valence-electron chi connectivity index (χ1n) is 6.49. The van der Waals surface area contributed by atoms with Crippen LogP contribution in [-0.4, -0.2) is 15.7 Å². The number of amides is 1. The number of hydrogen-bond acceptors (Lipinski definition) is 3. The average molecular weight is 261 g/mol. The zero-order valence-corrected chi connectivity index (χ0v) is 11.3. The number of anilines is 1. The van der Waals surface area contributed by atoms with Crippen molar-refractivity contribution in [3.8, 4) is 0 Å². The average Bonchev–Trinajstić information content (AvgIpc) is 2.98. The number of furan rings is 1. The number of carbonyl (C=O) groups is 1. The van der Waals surface area contributed by atoms with Gasteiger partial charge in [0, 0.05) is 25.5 Å². The highest BCUT2D eigenvalue weighted by Crippen LogP contribution is 2.10. The molecule has 1 N–H and O–H groups in total. The van der Waals surface area contributed by atoms with Gasteiger partial charge >= 0.3 is 0 Å². The fraction of sp³-hybridized carbons (Fsp3) is 0.429. The van der Waals surface area contributed by atoms with Crippen molar-refractivity contribution >= 4 is 11.7 Å². The van der Waals surface area contributed by atoms with Gasteiger partial charge in [0.15, 0.2) is 0 Å². The molecule has 19 heavy (non-hydrogen) atoms. The van der Waals surface area contributed by atoms with Crippen molar-refractivity contribution in [2.24, 2.45) is 5.92 Å². The summed E-state index contributed by atoms with van der Waals surface area (Å²) in [5.74, 6) is 2.03. The van der Waals surface area contributed by atoms with E-state index in [2.05, 4.69) is 24.3 Å². The van der Waals surface area contributed by atoms with Gasteiger partial charge in [0.1, 0.15) is 11.6 Å². The molecule has 5 heteroatoms. The molecule has 0 aliphatic heterocycles. The van der Waals surface area contributed by atoms with Crippen LogP contribution in [0.5, 0.6) is 0 Å². The van der Waals surface area contributed by atoms with Crippen LogP contribution in [0, 0.1) is 5.92 Å². The first-order valence-corrected chi connectivity index (χ1v) is 6.49. The Labute approximate surface area is 112 Å². The molecule has 5 nitrogen and oxygen atoms in total. The number of aryl methyl sites for hydroxylation is 1. The number of hydrogen-bond donors (Lipinski definition) is 1. The van der Waals surface area contributed by atoms with E-state index >= 15 is 0 Å². The summed E-state index contributed by atoms with van der Waals surface area (Å²) in [6.07, 6.45) is 4.33. The second-order valence-corrected chi connectivity index (χ2v) is 4.92. The summed E-state index contributed by atoms with van der Waals surface area (Å²) >= 11 is 0. The molecule has 0 aliphatic rings. The van der Waals surface area contributed by atoms with E-state index in [9.17, 15) is 4.79 Å². The van der Waals surface area contributed by atoms with Crippen LogP contribution >= 0.6 is 0 Å². The standard InChI is InChI=1S/C14H19N3O2/c1-11(2)10-17-13(7-8-15-17)16-14(18)6-5-12-4-3-9-19-12/h3-4,7-9,11H,5-6,10H2,1-2H3,(H,16,18). The van der Waals surface area contributed by atoms with Gasteiger partial charge in [0.05, 0.1) is 12.5 Å². The molecule has 0 spiro atoms. The van der Waals surface area contributed by atoms with Crippen molar-refractivity contribution in [3.05, 3.63) is 36.4 Å². The number of nitrogens with one attached hydrogen (secondary N) is 1. The summed E-state index contributed by atoms with van der Waals surface area (Å²) in [4.78, 5) is 11.8. The Morgan fingerprint density at radius 1 is 1.47 bits per heavy atom. The Hall–Kier alpha value is -2.04. The third kappa shape index (κ3) is 3.98. The number of aromatic nitrogens is 2. The molecule has 0 saturated heterocycles. The molecule has 0 saturated carbocycles. The molecule has 102 valence electrons. The summed E-state index contributed by atoms with van der Waals surface area (Å²) in [6, 6.07) is 5.51. The maximum Gasteiger partial charge on any atom is 0.225 e. The molecule has 0 radical (unpaired) electrons. The smallest absolute Gasteiger partial charge is 0.225 e. The van der Waals surface area contributed by atoms with Gasteiger partial charge < -0.3 is 9.73 Å². The summed E-state index contributed by atoms with van der Waals surface area (Å²) in [7, 11) is 0. The molecule has 0 atom stereocenters. The minimum absolute atomic E-state index is 0.0260. The van der Waals surface area contributed by atoms with Gasteiger partial charge in [-0.15, -0.1) is 0 Å².